The number of anilines is 1. The van der Waals surface area contributed by atoms with Crippen LogP contribution in [0.2, 0.25) is 0 Å². The Morgan fingerprint density at radius 1 is 0.889 bits per heavy atom. The Kier molecular flexibility index (Phi) is 6.66. The van der Waals surface area contributed by atoms with Crippen LogP contribution in [0.5, 0.6) is 0 Å². The molecule has 0 aromatic heterocycles. The minimum Gasteiger partial charge on any atom is -0.340 e. The molecule has 0 radical (unpaired) electrons. The van der Waals surface area contributed by atoms with Gasteiger partial charge in [0.15, 0.2) is 0 Å². The van der Waals surface area contributed by atoms with Crippen LogP contribution in [0.4, 0.5) is 14.5 Å². The van der Waals surface area contributed by atoms with Gasteiger partial charge in [0.05, 0.1) is 0 Å². The molecule has 4 nitrogen and oxygen atoms in total. The lowest BCUT2D eigenvalue weighted by Crippen LogP contribution is -2.47. The summed E-state index contributed by atoms with van der Waals surface area (Å²) < 4.78 is 27.6. The van der Waals surface area contributed by atoms with Gasteiger partial charge in [0.2, 0.25) is 5.91 Å². The first-order valence-electron chi connectivity index (χ1n) is 8.86. The van der Waals surface area contributed by atoms with E-state index in [9.17, 15) is 18.4 Å². The summed E-state index contributed by atoms with van der Waals surface area (Å²) in [7, 11) is 0. The van der Waals surface area contributed by atoms with Crippen LogP contribution in [-0.4, -0.2) is 17.9 Å². The molecule has 0 heterocycles. The number of nitrogens with one attached hydrogen (secondary N) is 2. The summed E-state index contributed by atoms with van der Waals surface area (Å²) >= 11 is 0. The highest BCUT2D eigenvalue weighted by molar-refractivity contribution is 6.01. The smallest absolute Gasteiger partial charge is 0.257 e. The summed E-state index contributed by atoms with van der Waals surface area (Å²) in [6.07, 6.45) is 0. The zero-order valence-corrected chi connectivity index (χ0v) is 15.8. The second-order valence-corrected chi connectivity index (χ2v) is 7.06. The molecule has 1 atom stereocenters. The van der Waals surface area contributed by atoms with Gasteiger partial charge < -0.3 is 10.6 Å². The van der Waals surface area contributed by atoms with Crippen molar-refractivity contribution in [3.63, 3.8) is 0 Å². The summed E-state index contributed by atoms with van der Waals surface area (Å²) in [4.78, 5) is 24.9. The number of carbonyl (C=O) groups excluding carboxylic acids is 2. The van der Waals surface area contributed by atoms with Crippen LogP contribution >= 0.6 is 0 Å². The molecular weight excluding hydrogens is 350 g/mol. The molecule has 0 saturated heterocycles. The molecule has 2 rings (SSSR count). The van der Waals surface area contributed by atoms with E-state index < -0.39 is 35.1 Å². The number of rotatable bonds is 6. The van der Waals surface area contributed by atoms with Gasteiger partial charge in [-0.05, 0) is 41.7 Å². The van der Waals surface area contributed by atoms with Gasteiger partial charge in [-0.15, -0.1) is 0 Å². The molecule has 0 aliphatic rings. The van der Waals surface area contributed by atoms with Crippen LogP contribution in [0.3, 0.4) is 0 Å². The lowest BCUT2D eigenvalue weighted by Gasteiger charge is -2.22. The molecule has 0 aliphatic carbocycles. The second-order valence-electron chi connectivity index (χ2n) is 7.06. The van der Waals surface area contributed by atoms with Gasteiger partial charge in [-0.2, -0.15) is 0 Å². The van der Waals surface area contributed by atoms with Gasteiger partial charge in [0.25, 0.3) is 5.91 Å². The summed E-state index contributed by atoms with van der Waals surface area (Å²) in [5, 5.41) is 5.17. The lowest BCUT2D eigenvalue weighted by atomic mass is 10.0. The topological polar surface area (TPSA) is 58.2 Å². The van der Waals surface area contributed by atoms with E-state index in [1.807, 2.05) is 12.1 Å². The van der Waals surface area contributed by atoms with Gasteiger partial charge in [0.1, 0.15) is 23.2 Å². The van der Waals surface area contributed by atoms with Gasteiger partial charge in [-0.25, -0.2) is 8.78 Å². The maximum absolute atomic E-state index is 13.8. The average Bonchev–Trinajstić information content (AvgIpc) is 2.59. The first-order valence-corrected chi connectivity index (χ1v) is 8.86. The normalized spacial score (nSPS) is 12.1. The third kappa shape index (κ3) is 5.12. The van der Waals surface area contributed by atoms with Crippen molar-refractivity contribution >= 4 is 17.5 Å². The van der Waals surface area contributed by atoms with Gasteiger partial charge >= 0.3 is 0 Å². The molecule has 0 fully saturated rings. The van der Waals surface area contributed by atoms with Crippen LogP contribution in [0.25, 0.3) is 0 Å². The van der Waals surface area contributed by atoms with Crippen LogP contribution in [-0.2, 0) is 4.79 Å². The quantitative estimate of drug-likeness (QED) is 0.783. The van der Waals surface area contributed by atoms with Crippen molar-refractivity contribution in [2.24, 2.45) is 5.92 Å². The number of hydrogen-bond donors (Lipinski definition) is 2. The summed E-state index contributed by atoms with van der Waals surface area (Å²) in [5.41, 5.74) is 1.02. The van der Waals surface area contributed by atoms with Crippen LogP contribution in [0.15, 0.2) is 42.5 Å². The Morgan fingerprint density at radius 2 is 1.44 bits per heavy atom. The molecule has 0 aliphatic heterocycles. The highest BCUT2D eigenvalue weighted by Gasteiger charge is 2.27. The van der Waals surface area contributed by atoms with E-state index in [1.165, 1.54) is 6.07 Å². The van der Waals surface area contributed by atoms with Crippen molar-refractivity contribution in [1.29, 1.82) is 0 Å². The molecule has 2 aromatic rings. The summed E-state index contributed by atoms with van der Waals surface area (Å²) in [6, 6.07) is 9.62. The van der Waals surface area contributed by atoms with E-state index in [0.717, 1.165) is 17.7 Å². The second kappa shape index (κ2) is 8.75. The maximum atomic E-state index is 13.8. The molecule has 0 saturated carbocycles. The zero-order chi connectivity index (χ0) is 20.1. The van der Waals surface area contributed by atoms with E-state index in [2.05, 4.69) is 24.5 Å². The highest BCUT2D eigenvalue weighted by atomic mass is 19.1. The average molecular weight is 374 g/mol. The van der Waals surface area contributed by atoms with Gasteiger partial charge in [-0.3, -0.25) is 9.59 Å². The van der Waals surface area contributed by atoms with Crippen molar-refractivity contribution < 1.29 is 18.4 Å². The number of halogens is 2. The minimum atomic E-state index is -0.973. The third-order valence-electron chi connectivity index (χ3n) is 4.27. The van der Waals surface area contributed by atoms with Gasteiger partial charge in [0, 0.05) is 5.69 Å². The van der Waals surface area contributed by atoms with E-state index in [0.29, 0.717) is 11.6 Å². The fourth-order valence-corrected chi connectivity index (χ4v) is 2.63. The molecule has 27 heavy (non-hydrogen) atoms. The van der Waals surface area contributed by atoms with E-state index in [1.54, 1.807) is 26.0 Å². The SMILES string of the molecule is CC(C)c1ccc(NC(=O)[C@@H](NC(=O)c2c(F)cccc2F)C(C)C)cc1. The monoisotopic (exact) mass is 374 g/mol. The Bertz CT molecular complexity index is 797. The molecule has 0 spiro atoms. The Morgan fingerprint density at radius 3 is 1.93 bits per heavy atom. The number of carbonyl (C=O) groups is 2. The van der Waals surface area contributed by atoms with Crippen LogP contribution < -0.4 is 10.6 Å². The Labute approximate surface area is 158 Å². The van der Waals surface area contributed by atoms with Crippen molar-refractivity contribution in [3.8, 4) is 0 Å². The largest absolute Gasteiger partial charge is 0.340 e. The lowest BCUT2D eigenvalue weighted by molar-refractivity contribution is -0.118. The van der Waals surface area contributed by atoms with Crippen molar-refractivity contribution in [3.05, 3.63) is 65.2 Å². The minimum absolute atomic E-state index is 0.279. The Balaban J connectivity index is 2.14. The molecule has 144 valence electrons. The van der Waals surface area contributed by atoms with Gasteiger partial charge in [-0.1, -0.05) is 45.9 Å². The fourth-order valence-electron chi connectivity index (χ4n) is 2.63. The van der Waals surface area contributed by atoms with E-state index in [4.69, 9.17) is 0 Å². The molecule has 0 unspecified atom stereocenters. The molecule has 0 bridgehead atoms. The first-order chi connectivity index (χ1) is 12.7. The predicted octanol–water partition coefficient (Wildman–Crippen LogP) is 4.48. The summed E-state index contributed by atoms with van der Waals surface area (Å²) in [6.45, 7) is 7.62. The molecular formula is C21H24F2N2O2. The predicted molar refractivity (Wildman–Crippen MR) is 102 cm³/mol. The Hall–Kier alpha value is -2.76. The molecule has 2 amide bonds. The third-order valence-corrected chi connectivity index (χ3v) is 4.27. The standard InChI is InChI=1S/C21H24F2N2O2/c1-12(2)14-8-10-15(11-9-14)24-21(27)19(13(3)4)25-20(26)18-16(22)6-5-7-17(18)23/h5-13,19H,1-4H3,(H,24,27)(H,25,26)/t19-/m0/s1. The van der Waals surface area contributed by atoms with E-state index >= 15 is 0 Å². The number of benzene rings is 2. The molecule has 2 aromatic carbocycles. The molecule has 2 N–H and O–H groups in total. The fraction of sp³-hybridized carbons (Fsp3) is 0.333. The zero-order valence-electron chi connectivity index (χ0n) is 15.8. The maximum Gasteiger partial charge on any atom is 0.257 e. The summed E-state index contributed by atoms with van der Waals surface area (Å²) in [5.74, 6) is -3.27. The number of amides is 2. The van der Waals surface area contributed by atoms with Crippen LogP contribution in [0.1, 0.15) is 49.5 Å². The highest BCUT2D eigenvalue weighted by Crippen LogP contribution is 2.18. The van der Waals surface area contributed by atoms with Crippen LogP contribution in [0, 0.1) is 17.6 Å². The van der Waals surface area contributed by atoms with Crippen molar-refractivity contribution in [2.75, 3.05) is 5.32 Å². The van der Waals surface area contributed by atoms with Crippen molar-refractivity contribution in [2.45, 2.75) is 39.7 Å². The van der Waals surface area contributed by atoms with E-state index in [-0.39, 0.29) is 5.92 Å². The van der Waals surface area contributed by atoms with Crippen molar-refractivity contribution in [1.82, 2.24) is 5.32 Å². The first kappa shape index (κ1) is 20.6. The molecule has 6 heteroatoms. The number of hydrogen-bond acceptors (Lipinski definition) is 2.